The van der Waals surface area contributed by atoms with E-state index in [1.54, 1.807) is 13.4 Å². The van der Waals surface area contributed by atoms with Crippen LogP contribution in [0.25, 0.3) is 0 Å². The molecule has 1 heterocycles. The van der Waals surface area contributed by atoms with Gasteiger partial charge in [-0.05, 0) is 12.8 Å². The van der Waals surface area contributed by atoms with Crippen LogP contribution in [0.5, 0.6) is 0 Å². The van der Waals surface area contributed by atoms with Crippen LogP contribution in [0.1, 0.15) is 32.1 Å². The van der Waals surface area contributed by atoms with Gasteiger partial charge in [0.2, 0.25) is 0 Å². The maximum absolute atomic E-state index is 12.4. The molecule has 0 unspecified atom stereocenters. The first-order valence-corrected chi connectivity index (χ1v) is 6.71. The van der Waals surface area contributed by atoms with Crippen molar-refractivity contribution >= 4 is 5.78 Å². The van der Waals surface area contributed by atoms with E-state index < -0.39 is 0 Å². The molecule has 0 N–H and O–H groups in total. The zero-order chi connectivity index (χ0) is 11.8. The lowest BCUT2D eigenvalue weighted by Gasteiger charge is -2.25. The van der Waals surface area contributed by atoms with E-state index in [0.29, 0.717) is 30.3 Å². The number of rotatable bonds is 1. The van der Waals surface area contributed by atoms with Crippen molar-refractivity contribution in [1.82, 2.24) is 0 Å². The zero-order valence-corrected chi connectivity index (χ0v) is 10.4. The molecular weight excluding hydrogens is 216 g/mol. The molecule has 0 aromatic rings. The van der Waals surface area contributed by atoms with E-state index in [-0.39, 0.29) is 5.92 Å². The average Bonchev–Trinajstić information content (AvgIpc) is 2.77. The number of carbonyl (C=O) groups is 1. The second kappa shape index (κ2) is 4.45. The Balaban J connectivity index is 1.92. The Labute approximate surface area is 102 Å². The van der Waals surface area contributed by atoms with Crippen LogP contribution in [0, 0.1) is 17.8 Å². The Morgan fingerprint density at radius 2 is 2.06 bits per heavy atom. The SMILES string of the molecule is CO/C=C1/C(=O)[C@H]2CCCCC[C@@H]3OC[C@@H]1[C@H]32. The van der Waals surface area contributed by atoms with Crippen molar-refractivity contribution in [3.63, 3.8) is 0 Å². The summed E-state index contributed by atoms with van der Waals surface area (Å²) in [4.78, 5) is 12.4. The van der Waals surface area contributed by atoms with Gasteiger partial charge in [-0.3, -0.25) is 4.79 Å². The highest BCUT2D eigenvalue weighted by Crippen LogP contribution is 2.49. The minimum absolute atomic E-state index is 0.203. The molecule has 17 heavy (non-hydrogen) atoms. The van der Waals surface area contributed by atoms with Crippen molar-refractivity contribution in [3.8, 4) is 0 Å². The molecular formula is C14H20O3. The third-order valence-electron chi connectivity index (χ3n) is 4.62. The molecule has 0 bridgehead atoms. The third kappa shape index (κ3) is 1.71. The van der Waals surface area contributed by atoms with Gasteiger partial charge in [0.15, 0.2) is 5.78 Å². The Bertz CT molecular complexity index is 347. The summed E-state index contributed by atoms with van der Waals surface area (Å²) < 4.78 is 11.0. The van der Waals surface area contributed by atoms with E-state index in [4.69, 9.17) is 9.47 Å². The first kappa shape index (κ1) is 11.3. The van der Waals surface area contributed by atoms with Crippen LogP contribution in [-0.4, -0.2) is 25.6 Å². The minimum atomic E-state index is 0.203. The van der Waals surface area contributed by atoms with Gasteiger partial charge in [-0.15, -0.1) is 0 Å². The van der Waals surface area contributed by atoms with Gasteiger partial charge in [0.05, 0.1) is 26.1 Å². The fraction of sp³-hybridized carbons (Fsp3) is 0.786. The molecule has 1 aliphatic heterocycles. The maximum Gasteiger partial charge on any atom is 0.165 e. The molecule has 2 saturated carbocycles. The summed E-state index contributed by atoms with van der Waals surface area (Å²) in [6.45, 7) is 0.715. The standard InChI is InChI=1S/C14H20O3/c1-16-7-11-10-8-17-12-6-4-2-3-5-9(13(10)12)14(11)15/h7,9-10,12-13H,2-6,8H2,1H3/b11-7+/t9-,10-,12-,13+/m0/s1. The zero-order valence-electron chi connectivity index (χ0n) is 10.4. The van der Waals surface area contributed by atoms with Gasteiger partial charge in [0, 0.05) is 23.3 Å². The van der Waals surface area contributed by atoms with Gasteiger partial charge in [-0.25, -0.2) is 0 Å². The lowest BCUT2D eigenvalue weighted by atomic mass is 9.80. The summed E-state index contributed by atoms with van der Waals surface area (Å²) >= 11 is 0. The lowest BCUT2D eigenvalue weighted by molar-refractivity contribution is -0.120. The number of ketones is 1. The van der Waals surface area contributed by atoms with Gasteiger partial charge in [0.25, 0.3) is 0 Å². The highest BCUT2D eigenvalue weighted by atomic mass is 16.5. The molecule has 4 atom stereocenters. The van der Waals surface area contributed by atoms with Crippen LogP contribution >= 0.6 is 0 Å². The Morgan fingerprint density at radius 3 is 2.88 bits per heavy atom. The first-order chi connectivity index (χ1) is 8.33. The monoisotopic (exact) mass is 236 g/mol. The molecule has 0 aromatic carbocycles. The van der Waals surface area contributed by atoms with Crippen LogP contribution in [0.2, 0.25) is 0 Å². The number of carbonyl (C=O) groups excluding carboxylic acids is 1. The van der Waals surface area contributed by atoms with Gasteiger partial charge < -0.3 is 9.47 Å². The van der Waals surface area contributed by atoms with Crippen LogP contribution in [0.4, 0.5) is 0 Å². The largest absolute Gasteiger partial charge is 0.504 e. The molecule has 3 fully saturated rings. The molecule has 0 amide bonds. The summed E-state index contributed by atoms with van der Waals surface area (Å²) in [6.07, 6.45) is 7.82. The van der Waals surface area contributed by atoms with Crippen molar-refractivity contribution in [2.24, 2.45) is 17.8 Å². The fourth-order valence-corrected chi connectivity index (χ4v) is 3.88. The van der Waals surface area contributed by atoms with E-state index in [1.807, 2.05) is 0 Å². The fourth-order valence-electron chi connectivity index (χ4n) is 3.88. The highest BCUT2D eigenvalue weighted by Gasteiger charge is 2.53. The molecule has 0 spiro atoms. The van der Waals surface area contributed by atoms with Gasteiger partial charge in [-0.1, -0.05) is 19.3 Å². The predicted octanol–water partition coefficient (Wildman–Crippen LogP) is 2.31. The molecule has 0 radical (unpaired) electrons. The van der Waals surface area contributed by atoms with E-state index >= 15 is 0 Å². The molecule has 1 saturated heterocycles. The molecule has 3 rings (SSSR count). The van der Waals surface area contributed by atoms with E-state index in [1.165, 1.54) is 19.3 Å². The van der Waals surface area contributed by atoms with Gasteiger partial charge >= 0.3 is 0 Å². The predicted molar refractivity (Wildman–Crippen MR) is 63.4 cm³/mol. The molecule has 2 aliphatic carbocycles. The molecule has 3 nitrogen and oxygen atoms in total. The average molecular weight is 236 g/mol. The van der Waals surface area contributed by atoms with Crippen molar-refractivity contribution in [1.29, 1.82) is 0 Å². The Morgan fingerprint density at radius 1 is 1.24 bits per heavy atom. The van der Waals surface area contributed by atoms with Crippen LogP contribution < -0.4 is 0 Å². The van der Waals surface area contributed by atoms with Crippen LogP contribution in [0.3, 0.4) is 0 Å². The second-order valence-corrected chi connectivity index (χ2v) is 5.47. The highest BCUT2D eigenvalue weighted by molar-refractivity contribution is 6.00. The summed E-state index contributed by atoms with van der Waals surface area (Å²) in [7, 11) is 1.62. The minimum Gasteiger partial charge on any atom is -0.504 e. The Kier molecular flexibility index (Phi) is 2.95. The number of hydrogen-bond acceptors (Lipinski definition) is 3. The summed E-state index contributed by atoms with van der Waals surface area (Å²) in [6, 6.07) is 0. The quantitative estimate of drug-likeness (QED) is 0.517. The molecule has 3 heteroatoms. The van der Waals surface area contributed by atoms with Crippen molar-refractivity contribution < 1.29 is 14.3 Å². The van der Waals surface area contributed by atoms with E-state index in [2.05, 4.69) is 0 Å². The Hall–Kier alpha value is -0.830. The lowest BCUT2D eigenvalue weighted by Crippen LogP contribution is -2.27. The van der Waals surface area contributed by atoms with Crippen LogP contribution in [0.15, 0.2) is 11.8 Å². The number of Topliss-reactive ketones (excluding diaryl/α,β-unsaturated/α-hetero) is 1. The summed E-state index contributed by atoms with van der Waals surface area (Å²) in [5.74, 6) is 1.27. The molecule has 94 valence electrons. The topological polar surface area (TPSA) is 35.5 Å². The summed E-state index contributed by atoms with van der Waals surface area (Å²) in [5.41, 5.74) is 0.881. The van der Waals surface area contributed by atoms with E-state index in [0.717, 1.165) is 18.4 Å². The maximum atomic E-state index is 12.4. The number of hydrogen-bond donors (Lipinski definition) is 0. The number of methoxy groups -OCH3 is 1. The van der Waals surface area contributed by atoms with Gasteiger partial charge in [-0.2, -0.15) is 0 Å². The van der Waals surface area contributed by atoms with Crippen molar-refractivity contribution in [2.75, 3.05) is 13.7 Å². The smallest absolute Gasteiger partial charge is 0.165 e. The first-order valence-electron chi connectivity index (χ1n) is 6.71. The summed E-state index contributed by atoms with van der Waals surface area (Å²) in [5, 5.41) is 0. The molecule has 0 aromatic heterocycles. The van der Waals surface area contributed by atoms with Crippen molar-refractivity contribution in [2.45, 2.75) is 38.2 Å². The van der Waals surface area contributed by atoms with E-state index in [9.17, 15) is 4.79 Å². The number of ether oxygens (including phenoxy) is 2. The molecule has 3 aliphatic rings. The van der Waals surface area contributed by atoms with Crippen LogP contribution in [-0.2, 0) is 14.3 Å². The van der Waals surface area contributed by atoms with Gasteiger partial charge in [0.1, 0.15) is 0 Å². The second-order valence-electron chi connectivity index (χ2n) is 5.47. The van der Waals surface area contributed by atoms with Crippen molar-refractivity contribution in [3.05, 3.63) is 11.8 Å². The normalized spacial score (nSPS) is 43.4. The third-order valence-corrected chi connectivity index (χ3v) is 4.62.